The highest BCUT2D eigenvalue weighted by atomic mass is 15.5. The Kier molecular flexibility index (Phi) is 7.30. The van der Waals surface area contributed by atoms with E-state index in [1.165, 1.54) is 33.9 Å². The van der Waals surface area contributed by atoms with Crippen LogP contribution < -0.4 is 0 Å². The fraction of sp³-hybridized carbons (Fsp3) is 0.235. The van der Waals surface area contributed by atoms with E-state index >= 15 is 0 Å². The predicted octanol–water partition coefficient (Wildman–Crippen LogP) is 6.15. The first-order chi connectivity index (χ1) is 18.8. The fourth-order valence-electron chi connectivity index (χ4n) is 5.70. The van der Waals surface area contributed by atoms with Crippen LogP contribution in [0.2, 0.25) is 0 Å². The van der Waals surface area contributed by atoms with E-state index in [9.17, 15) is 0 Å². The molecule has 2 fully saturated rings. The zero-order chi connectivity index (χ0) is 25.6. The summed E-state index contributed by atoms with van der Waals surface area (Å²) < 4.78 is 0. The van der Waals surface area contributed by atoms with Crippen LogP contribution in [0.3, 0.4) is 0 Å². The lowest BCUT2D eigenvalue weighted by Crippen LogP contribution is -2.33. The topological polar surface area (TPSA) is 13.0 Å². The van der Waals surface area contributed by atoms with Crippen LogP contribution in [0.15, 0.2) is 133 Å². The summed E-state index contributed by atoms with van der Waals surface area (Å²) in [5, 5.41) is 0. The maximum Gasteiger partial charge on any atom is 0.146 e. The third-order valence-electron chi connectivity index (χ3n) is 7.54. The summed E-state index contributed by atoms with van der Waals surface area (Å²) in [6.45, 7) is 7.79. The molecule has 2 heterocycles. The van der Waals surface area contributed by atoms with Crippen molar-refractivity contribution in [1.29, 1.82) is 0 Å². The van der Waals surface area contributed by atoms with Crippen LogP contribution in [0.25, 0.3) is 0 Å². The first-order valence-electron chi connectivity index (χ1n) is 13.7. The van der Waals surface area contributed by atoms with E-state index in [0.717, 1.165) is 52.4 Å². The van der Waals surface area contributed by atoms with Gasteiger partial charge in [0.05, 0.1) is 0 Å². The Balaban J connectivity index is 1.41. The standard InChI is InChI=1S/C34H36N4/c1-5-13-29(14-6-1)25-35-21-22-36(26-30-15-7-2-8-16-30)33(35)34-37(27-31-17-9-3-10-18-31)23-24-38(34)28-32-19-11-4-12-20-32/h1-20H,21-28H2. The molecule has 6 rings (SSSR count). The highest BCUT2D eigenvalue weighted by molar-refractivity contribution is 5.26. The number of hydrogen-bond donors (Lipinski definition) is 0. The maximum absolute atomic E-state index is 2.61. The molecule has 2 aliphatic rings. The summed E-state index contributed by atoms with van der Waals surface area (Å²) in [6, 6.07) is 43.6. The van der Waals surface area contributed by atoms with Gasteiger partial charge in [0.1, 0.15) is 11.6 Å². The first-order valence-corrected chi connectivity index (χ1v) is 13.7. The van der Waals surface area contributed by atoms with Crippen molar-refractivity contribution >= 4 is 0 Å². The van der Waals surface area contributed by atoms with E-state index in [1.54, 1.807) is 0 Å². The molecule has 0 aliphatic carbocycles. The van der Waals surface area contributed by atoms with Gasteiger partial charge in [0.15, 0.2) is 0 Å². The van der Waals surface area contributed by atoms with Gasteiger partial charge in [0.25, 0.3) is 0 Å². The molecule has 2 saturated heterocycles. The molecule has 0 atom stereocenters. The molecular formula is C34H36N4. The van der Waals surface area contributed by atoms with Crippen molar-refractivity contribution < 1.29 is 0 Å². The van der Waals surface area contributed by atoms with Gasteiger partial charge in [-0.2, -0.15) is 0 Å². The molecule has 0 aromatic heterocycles. The molecule has 0 unspecified atom stereocenters. The molecule has 4 nitrogen and oxygen atoms in total. The highest BCUT2D eigenvalue weighted by Crippen LogP contribution is 2.34. The van der Waals surface area contributed by atoms with Crippen LogP contribution in [0, 0.1) is 0 Å². The van der Waals surface area contributed by atoms with E-state index < -0.39 is 0 Å². The second-order valence-electron chi connectivity index (χ2n) is 10.3. The van der Waals surface area contributed by atoms with Crippen LogP contribution in [-0.2, 0) is 26.2 Å². The minimum absolute atomic E-state index is 0.920. The van der Waals surface area contributed by atoms with Gasteiger partial charge in [-0.1, -0.05) is 121 Å². The lowest BCUT2D eigenvalue weighted by atomic mass is 10.2. The minimum Gasteiger partial charge on any atom is -0.349 e. The Morgan fingerprint density at radius 1 is 0.316 bits per heavy atom. The lowest BCUT2D eigenvalue weighted by molar-refractivity contribution is 0.245. The van der Waals surface area contributed by atoms with Crippen molar-refractivity contribution in [2.45, 2.75) is 26.2 Å². The molecule has 2 aliphatic heterocycles. The second-order valence-corrected chi connectivity index (χ2v) is 10.3. The van der Waals surface area contributed by atoms with Crippen molar-refractivity contribution in [3.63, 3.8) is 0 Å². The molecule has 4 heteroatoms. The van der Waals surface area contributed by atoms with Gasteiger partial charge in [0.2, 0.25) is 0 Å². The lowest BCUT2D eigenvalue weighted by Gasteiger charge is -2.34. The summed E-state index contributed by atoms with van der Waals surface area (Å²) in [5.74, 6) is 2.73. The van der Waals surface area contributed by atoms with Crippen LogP contribution in [0.4, 0.5) is 0 Å². The Morgan fingerprint density at radius 3 is 0.737 bits per heavy atom. The van der Waals surface area contributed by atoms with Crippen molar-refractivity contribution in [3.05, 3.63) is 155 Å². The highest BCUT2D eigenvalue weighted by Gasteiger charge is 2.36. The van der Waals surface area contributed by atoms with Gasteiger partial charge >= 0.3 is 0 Å². The molecule has 0 bridgehead atoms. The Labute approximate surface area is 227 Å². The summed E-state index contributed by atoms with van der Waals surface area (Å²) in [7, 11) is 0. The zero-order valence-corrected chi connectivity index (χ0v) is 22.0. The molecular weight excluding hydrogens is 464 g/mol. The SMILES string of the molecule is c1ccc(CN2CCN(Cc3ccccc3)C2=C2N(Cc3ccccc3)CCN2Cc2ccccc2)cc1. The third-order valence-corrected chi connectivity index (χ3v) is 7.54. The van der Waals surface area contributed by atoms with E-state index in [4.69, 9.17) is 0 Å². The summed E-state index contributed by atoms with van der Waals surface area (Å²) >= 11 is 0. The Bertz CT molecular complexity index is 1110. The predicted molar refractivity (Wildman–Crippen MR) is 154 cm³/mol. The summed E-state index contributed by atoms with van der Waals surface area (Å²) in [6.07, 6.45) is 0. The molecule has 0 spiro atoms. The van der Waals surface area contributed by atoms with E-state index in [-0.39, 0.29) is 0 Å². The van der Waals surface area contributed by atoms with Crippen molar-refractivity contribution in [2.24, 2.45) is 0 Å². The molecule has 0 amide bonds. The van der Waals surface area contributed by atoms with Gasteiger partial charge in [0, 0.05) is 52.4 Å². The Hall–Kier alpha value is -4.18. The minimum atomic E-state index is 0.920. The number of rotatable bonds is 8. The quantitative estimate of drug-likeness (QED) is 0.288. The molecule has 4 aromatic rings. The average Bonchev–Trinajstić information content (AvgIpc) is 3.53. The van der Waals surface area contributed by atoms with E-state index in [1.807, 2.05) is 0 Å². The van der Waals surface area contributed by atoms with Crippen LogP contribution in [0.1, 0.15) is 22.3 Å². The van der Waals surface area contributed by atoms with Gasteiger partial charge in [-0.3, -0.25) is 0 Å². The number of hydrogen-bond acceptors (Lipinski definition) is 4. The van der Waals surface area contributed by atoms with E-state index in [2.05, 4.69) is 141 Å². The first kappa shape index (κ1) is 24.2. The number of benzene rings is 4. The molecule has 192 valence electrons. The summed E-state index contributed by atoms with van der Waals surface area (Å²) in [4.78, 5) is 10.4. The van der Waals surface area contributed by atoms with Crippen LogP contribution in [0.5, 0.6) is 0 Å². The van der Waals surface area contributed by atoms with Crippen molar-refractivity contribution in [1.82, 2.24) is 19.6 Å². The largest absolute Gasteiger partial charge is 0.349 e. The Morgan fingerprint density at radius 2 is 0.526 bits per heavy atom. The monoisotopic (exact) mass is 500 g/mol. The fourth-order valence-corrected chi connectivity index (χ4v) is 5.70. The van der Waals surface area contributed by atoms with Crippen LogP contribution >= 0.6 is 0 Å². The van der Waals surface area contributed by atoms with Gasteiger partial charge in [-0.05, 0) is 22.3 Å². The van der Waals surface area contributed by atoms with Gasteiger partial charge in [-0.25, -0.2) is 0 Å². The normalized spacial score (nSPS) is 15.6. The molecule has 0 saturated carbocycles. The van der Waals surface area contributed by atoms with Crippen LogP contribution in [-0.4, -0.2) is 45.8 Å². The zero-order valence-electron chi connectivity index (χ0n) is 22.0. The van der Waals surface area contributed by atoms with Gasteiger partial charge in [-0.15, -0.1) is 0 Å². The smallest absolute Gasteiger partial charge is 0.146 e. The molecule has 0 radical (unpaired) electrons. The molecule has 4 aromatic carbocycles. The maximum atomic E-state index is 2.61. The number of nitrogens with zero attached hydrogens (tertiary/aromatic N) is 4. The van der Waals surface area contributed by atoms with E-state index in [0.29, 0.717) is 0 Å². The van der Waals surface area contributed by atoms with Gasteiger partial charge < -0.3 is 19.6 Å². The molecule has 0 N–H and O–H groups in total. The van der Waals surface area contributed by atoms with Crippen molar-refractivity contribution in [2.75, 3.05) is 26.2 Å². The third kappa shape index (κ3) is 5.55. The van der Waals surface area contributed by atoms with Crippen molar-refractivity contribution in [3.8, 4) is 0 Å². The second kappa shape index (κ2) is 11.5. The molecule has 38 heavy (non-hydrogen) atoms. The average molecular weight is 501 g/mol. The summed E-state index contributed by atoms with van der Waals surface area (Å²) in [5.41, 5.74) is 5.42.